The number of benzene rings is 2. The lowest BCUT2D eigenvalue weighted by atomic mass is 9.88. The normalized spacial score (nSPS) is 10.8. The lowest BCUT2D eigenvalue weighted by Crippen LogP contribution is -2.37. The van der Waals surface area contributed by atoms with Crippen LogP contribution in [0.3, 0.4) is 0 Å². The fraction of sp³-hybridized carbons (Fsp3) is 0.240. The summed E-state index contributed by atoms with van der Waals surface area (Å²) in [5.74, 6) is -2.99. The van der Waals surface area contributed by atoms with Crippen LogP contribution < -0.4 is 5.43 Å². The standard InChI is InChI=1S/C25H26N2O6/c1-33-15-14-27(24(30)21-23(29)22(28)20(16-26-21)25(31)32)13-12-19(17-8-4-2-5-9-17)18-10-6-3-7-11-18/h2-11,16,19,29H,12-15H2,1H3,(H,26,28)(H,31,32). The number of aromatic carboxylic acids is 1. The van der Waals surface area contributed by atoms with E-state index in [0.717, 1.165) is 17.3 Å². The van der Waals surface area contributed by atoms with Crippen molar-refractivity contribution >= 4 is 11.9 Å². The molecule has 0 aliphatic heterocycles. The van der Waals surface area contributed by atoms with Crippen molar-refractivity contribution in [1.82, 2.24) is 9.88 Å². The molecule has 2 aromatic carbocycles. The van der Waals surface area contributed by atoms with Crippen molar-refractivity contribution in [3.8, 4) is 5.75 Å². The number of methoxy groups -OCH3 is 1. The number of ether oxygens (including phenoxy) is 1. The van der Waals surface area contributed by atoms with E-state index in [9.17, 15) is 19.5 Å². The number of aromatic nitrogens is 1. The minimum atomic E-state index is -1.49. The summed E-state index contributed by atoms with van der Waals surface area (Å²) in [7, 11) is 1.51. The molecule has 0 unspecified atom stereocenters. The largest absolute Gasteiger partial charge is 0.503 e. The van der Waals surface area contributed by atoms with E-state index in [-0.39, 0.29) is 24.8 Å². The van der Waals surface area contributed by atoms with Crippen LogP contribution in [0.1, 0.15) is 44.3 Å². The predicted octanol–water partition coefficient (Wildman–Crippen LogP) is 3.09. The molecule has 3 rings (SSSR count). The molecule has 1 heterocycles. The monoisotopic (exact) mass is 450 g/mol. The molecule has 0 saturated carbocycles. The number of carbonyl (C=O) groups excluding carboxylic acids is 1. The lowest BCUT2D eigenvalue weighted by molar-refractivity contribution is 0.0671. The van der Waals surface area contributed by atoms with Gasteiger partial charge in [0, 0.05) is 32.3 Å². The highest BCUT2D eigenvalue weighted by atomic mass is 16.5. The van der Waals surface area contributed by atoms with Gasteiger partial charge in [-0.2, -0.15) is 0 Å². The molecule has 0 saturated heterocycles. The maximum atomic E-state index is 13.2. The number of nitrogens with zero attached hydrogens (tertiary/aromatic N) is 1. The zero-order chi connectivity index (χ0) is 23.8. The molecule has 0 bridgehead atoms. The maximum absolute atomic E-state index is 13.2. The Labute approximate surface area is 191 Å². The molecule has 8 nitrogen and oxygen atoms in total. The topological polar surface area (TPSA) is 120 Å². The third kappa shape index (κ3) is 5.67. The van der Waals surface area contributed by atoms with Gasteiger partial charge in [-0.3, -0.25) is 9.59 Å². The Balaban J connectivity index is 1.88. The second kappa shape index (κ2) is 11.1. The molecule has 0 radical (unpaired) electrons. The predicted molar refractivity (Wildman–Crippen MR) is 123 cm³/mol. The molecular weight excluding hydrogens is 424 g/mol. The quantitative estimate of drug-likeness (QED) is 0.437. The molecule has 172 valence electrons. The van der Waals surface area contributed by atoms with E-state index in [1.54, 1.807) is 0 Å². The Morgan fingerprint density at radius 1 is 1.00 bits per heavy atom. The number of carboxylic acid groups (broad SMARTS) is 1. The Morgan fingerprint density at radius 2 is 1.58 bits per heavy atom. The summed E-state index contributed by atoms with van der Waals surface area (Å²) >= 11 is 0. The Bertz CT molecular complexity index is 1110. The van der Waals surface area contributed by atoms with Gasteiger partial charge in [-0.25, -0.2) is 4.79 Å². The van der Waals surface area contributed by atoms with Crippen LogP contribution in [0.25, 0.3) is 0 Å². The molecule has 3 N–H and O–H groups in total. The first-order valence-corrected chi connectivity index (χ1v) is 10.5. The number of aromatic amines is 1. The summed E-state index contributed by atoms with van der Waals surface area (Å²) in [6.07, 6.45) is 1.50. The minimum Gasteiger partial charge on any atom is -0.503 e. The van der Waals surface area contributed by atoms with E-state index in [0.29, 0.717) is 13.0 Å². The van der Waals surface area contributed by atoms with Gasteiger partial charge in [0.05, 0.1) is 6.61 Å². The van der Waals surface area contributed by atoms with Crippen LogP contribution in [0.4, 0.5) is 0 Å². The zero-order valence-electron chi connectivity index (χ0n) is 18.2. The van der Waals surface area contributed by atoms with Gasteiger partial charge < -0.3 is 24.8 Å². The first-order valence-electron chi connectivity index (χ1n) is 10.5. The number of amides is 1. The maximum Gasteiger partial charge on any atom is 0.341 e. The van der Waals surface area contributed by atoms with E-state index in [1.807, 2.05) is 60.7 Å². The van der Waals surface area contributed by atoms with Gasteiger partial charge in [-0.05, 0) is 17.5 Å². The van der Waals surface area contributed by atoms with Crippen molar-refractivity contribution in [3.63, 3.8) is 0 Å². The van der Waals surface area contributed by atoms with Crippen molar-refractivity contribution < 1.29 is 24.5 Å². The Kier molecular flexibility index (Phi) is 7.99. The van der Waals surface area contributed by atoms with E-state index in [2.05, 4.69) is 4.98 Å². The first-order chi connectivity index (χ1) is 15.9. The number of aromatic hydroxyl groups is 1. The van der Waals surface area contributed by atoms with Gasteiger partial charge >= 0.3 is 5.97 Å². The SMILES string of the molecule is COCCN(CCC(c1ccccc1)c1ccccc1)C(=O)c1[nH]cc(C(=O)O)c(=O)c1O. The Hall–Kier alpha value is -3.91. The van der Waals surface area contributed by atoms with Crippen LogP contribution in [-0.2, 0) is 4.74 Å². The summed E-state index contributed by atoms with van der Waals surface area (Å²) in [5, 5.41) is 19.3. The molecule has 33 heavy (non-hydrogen) atoms. The first kappa shape index (κ1) is 23.7. The van der Waals surface area contributed by atoms with Crippen molar-refractivity contribution in [1.29, 1.82) is 0 Å². The molecule has 1 aromatic heterocycles. The number of hydrogen-bond donors (Lipinski definition) is 3. The van der Waals surface area contributed by atoms with Crippen LogP contribution in [-0.4, -0.2) is 58.8 Å². The number of nitrogens with one attached hydrogen (secondary N) is 1. The molecule has 0 aliphatic rings. The molecule has 1 amide bonds. The summed E-state index contributed by atoms with van der Waals surface area (Å²) in [4.78, 5) is 40.4. The summed E-state index contributed by atoms with van der Waals surface area (Å²) < 4.78 is 5.13. The van der Waals surface area contributed by atoms with Crippen LogP contribution in [0.5, 0.6) is 5.75 Å². The number of carboxylic acids is 1. The summed E-state index contributed by atoms with van der Waals surface area (Å²) in [6, 6.07) is 19.9. The van der Waals surface area contributed by atoms with Crippen molar-refractivity contribution in [3.05, 3.63) is 99.5 Å². The van der Waals surface area contributed by atoms with E-state index < -0.39 is 28.6 Å². The highest BCUT2D eigenvalue weighted by molar-refractivity contribution is 5.96. The number of H-pyrrole nitrogens is 1. The van der Waals surface area contributed by atoms with Crippen molar-refractivity contribution in [2.24, 2.45) is 0 Å². The van der Waals surface area contributed by atoms with Gasteiger partial charge in [-0.15, -0.1) is 0 Å². The summed E-state index contributed by atoms with van der Waals surface area (Å²) in [6.45, 7) is 0.803. The zero-order valence-corrected chi connectivity index (χ0v) is 18.2. The van der Waals surface area contributed by atoms with Crippen molar-refractivity contribution in [2.45, 2.75) is 12.3 Å². The molecule has 8 heteroatoms. The highest BCUT2D eigenvalue weighted by Crippen LogP contribution is 2.28. The van der Waals surface area contributed by atoms with Crippen LogP contribution >= 0.6 is 0 Å². The molecule has 0 atom stereocenters. The fourth-order valence-corrected chi connectivity index (χ4v) is 3.70. The third-order valence-electron chi connectivity index (χ3n) is 5.45. The van der Waals surface area contributed by atoms with Gasteiger partial charge in [0.1, 0.15) is 5.56 Å². The molecule has 0 spiro atoms. The Morgan fingerprint density at radius 3 is 2.09 bits per heavy atom. The molecular formula is C25H26N2O6. The second-order valence-electron chi connectivity index (χ2n) is 7.51. The van der Waals surface area contributed by atoms with Gasteiger partial charge in [0.15, 0.2) is 11.4 Å². The van der Waals surface area contributed by atoms with Gasteiger partial charge in [-0.1, -0.05) is 60.7 Å². The number of hydrogen-bond acceptors (Lipinski definition) is 5. The summed E-state index contributed by atoms with van der Waals surface area (Å²) in [5.41, 5.74) is 0.107. The van der Waals surface area contributed by atoms with Crippen LogP contribution in [0, 0.1) is 0 Å². The average Bonchev–Trinajstić information content (AvgIpc) is 2.83. The highest BCUT2D eigenvalue weighted by Gasteiger charge is 2.25. The average molecular weight is 450 g/mol. The van der Waals surface area contributed by atoms with Crippen molar-refractivity contribution in [2.75, 3.05) is 26.8 Å². The molecule has 0 aliphatic carbocycles. The smallest absolute Gasteiger partial charge is 0.341 e. The third-order valence-corrected chi connectivity index (χ3v) is 5.45. The molecule has 0 fully saturated rings. The fourth-order valence-electron chi connectivity index (χ4n) is 3.70. The second-order valence-corrected chi connectivity index (χ2v) is 7.51. The van der Waals surface area contributed by atoms with E-state index in [1.165, 1.54) is 12.0 Å². The minimum absolute atomic E-state index is 0.0206. The molecule has 3 aromatic rings. The van der Waals surface area contributed by atoms with Gasteiger partial charge in [0.2, 0.25) is 5.43 Å². The lowest BCUT2D eigenvalue weighted by Gasteiger charge is -2.26. The number of carbonyl (C=O) groups is 2. The van der Waals surface area contributed by atoms with Crippen LogP contribution in [0.2, 0.25) is 0 Å². The van der Waals surface area contributed by atoms with Gasteiger partial charge in [0.25, 0.3) is 5.91 Å². The van der Waals surface area contributed by atoms with E-state index >= 15 is 0 Å². The number of pyridine rings is 1. The number of rotatable bonds is 10. The van der Waals surface area contributed by atoms with Crippen LogP contribution in [0.15, 0.2) is 71.7 Å². The van der Waals surface area contributed by atoms with E-state index in [4.69, 9.17) is 9.84 Å².